The van der Waals surface area contributed by atoms with Gasteiger partial charge in [0.15, 0.2) is 0 Å². The lowest BCUT2D eigenvalue weighted by Gasteiger charge is -2.21. The third-order valence-corrected chi connectivity index (χ3v) is 3.38. The molecule has 0 spiro atoms. The van der Waals surface area contributed by atoms with Crippen LogP contribution in [0.2, 0.25) is 5.02 Å². The molecule has 1 aromatic carbocycles. The molecule has 7 heteroatoms. The molecule has 2 amide bonds. The summed E-state index contributed by atoms with van der Waals surface area (Å²) >= 11 is 6.04. The molecule has 0 fully saturated rings. The zero-order valence-electron chi connectivity index (χ0n) is 12.2. The van der Waals surface area contributed by atoms with Gasteiger partial charge in [-0.25, -0.2) is 4.79 Å². The molecule has 1 unspecified atom stereocenters. The highest BCUT2D eigenvalue weighted by atomic mass is 35.5. The van der Waals surface area contributed by atoms with Gasteiger partial charge in [0.25, 0.3) is 0 Å². The number of carbonyl (C=O) groups is 1. The Balaban J connectivity index is 1.93. The molecule has 0 saturated heterocycles. The zero-order valence-corrected chi connectivity index (χ0v) is 13.0. The number of hydrogen-bond acceptors (Lipinski definition) is 4. The van der Waals surface area contributed by atoms with E-state index < -0.39 is 11.6 Å². The number of nitrogens with one attached hydrogen (secondary N) is 2. The molecule has 0 saturated carbocycles. The van der Waals surface area contributed by atoms with E-state index in [0.717, 1.165) is 0 Å². The van der Waals surface area contributed by atoms with Crippen molar-refractivity contribution in [3.05, 3.63) is 47.4 Å². The SMILES string of the molecule is COc1ccc(NC(=O)NCC(C)(O)c2ccco2)c(Cl)c1. The Bertz CT molecular complexity index is 641. The van der Waals surface area contributed by atoms with E-state index >= 15 is 0 Å². The van der Waals surface area contributed by atoms with Crippen molar-refractivity contribution in [2.45, 2.75) is 12.5 Å². The number of amides is 2. The minimum Gasteiger partial charge on any atom is -0.497 e. The van der Waals surface area contributed by atoms with Gasteiger partial charge in [-0.3, -0.25) is 0 Å². The third-order valence-electron chi connectivity index (χ3n) is 3.07. The number of methoxy groups -OCH3 is 1. The van der Waals surface area contributed by atoms with Crippen molar-refractivity contribution in [2.75, 3.05) is 19.0 Å². The summed E-state index contributed by atoms with van der Waals surface area (Å²) in [5.74, 6) is 0.965. The summed E-state index contributed by atoms with van der Waals surface area (Å²) in [6.07, 6.45) is 1.46. The molecule has 0 aliphatic carbocycles. The van der Waals surface area contributed by atoms with Crippen LogP contribution in [0, 0.1) is 0 Å². The number of halogens is 1. The fourth-order valence-corrected chi connectivity index (χ4v) is 2.03. The van der Waals surface area contributed by atoms with Gasteiger partial charge in [-0.2, -0.15) is 0 Å². The Labute approximate surface area is 133 Å². The van der Waals surface area contributed by atoms with Crippen LogP contribution in [0.5, 0.6) is 5.75 Å². The molecule has 118 valence electrons. The molecule has 1 heterocycles. The topological polar surface area (TPSA) is 83.7 Å². The molecule has 22 heavy (non-hydrogen) atoms. The summed E-state index contributed by atoms with van der Waals surface area (Å²) in [5, 5.41) is 15.8. The maximum absolute atomic E-state index is 11.9. The van der Waals surface area contributed by atoms with Crippen LogP contribution in [0.1, 0.15) is 12.7 Å². The maximum Gasteiger partial charge on any atom is 0.319 e. The van der Waals surface area contributed by atoms with E-state index in [9.17, 15) is 9.90 Å². The first kappa shape index (κ1) is 16.2. The summed E-state index contributed by atoms with van der Waals surface area (Å²) in [6, 6.07) is 7.72. The quantitative estimate of drug-likeness (QED) is 0.789. The smallest absolute Gasteiger partial charge is 0.319 e. The summed E-state index contributed by atoms with van der Waals surface area (Å²) < 4.78 is 10.2. The highest BCUT2D eigenvalue weighted by molar-refractivity contribution is 6.33. The van der Waals surface area contributed by atoms with Crippen LogP contribution in [0.15, 0.2) is 41.0 Å². The van der Waals surface area contributed by atoms with E-state index in [1.165, 1.54) is 13.4 Å². The molecule has 0 bridgehead atoms. The van der Waals surface area contributed by atoms with Crippen LogP contribution in [-0.2, 0) is 5.60 Å². The van der Waals surface area contributed by atoms with Crippen LogP contribution in [0.3, 0.4) is 0 Å². The Morgan fingerprint density at radius 1 is 1.45 bits per heavy atom. The van der Waals surface area contributed by atoms with Gasteiger partial charge in [0, 0.05) is 6.07 Å². The minimum atomic E-state index is -1.30. The minimum absolute atomic E-state index is 0.0138. The maximum atomic E-state index is 11.9. The number of carbonyl (C=O) groups excluding carboxylic acids is 1. The second kappa shape index (κ2) is 6.72. The van der Waals surface area contributed by atoms with E-state index in [1.54, 1.807) is 37.3 Å². The summed E-state index contributed by atoms with van der Waals surface area (Å²) in [4.78, 5) is 11.9. The van der Waals surface area contributed by atoms with Gasteiger partial charge in [-0.05, 0) is 31.2 Å². The average Bonchev–Trinajstić information content (AvgIpc) is 3.02. The molecule has 3 N–H and O–H groups in total. The molecule has 0 aliphatic heterocycles. The first-order chi connectivity index (χ1) is 10.4. The normalized spacial score (nSPS) is 13.3. The van der Waals surface area contributed by atoms with E-state index in [-0.39, 0.29) is 6.54 Å². The lowest BCUT2D eigenvalue weighted by Crippen LogP contribution is -2.40. The first-order valence-corrected chi connectivity index (χ1v) is 6.95. The van der Waals surface area contributed by atoms with Gasteiger partial charge in [-0.15, -0.1) is 0 Å². The van der Waals surface area contributed by atoms with Crippen molar-refractivity contribution in [2.24, 2.45) is 0 Å². The summed E-state index contributed by atoms with van der Waals surface area (Å²) in [6.45, 7) is 1.53. The number of hydrogen-bond donors (Lipinski definition) is 3. The third kappa shape index (κ3) is 3.93. The van der Waals surface area contributed by atoms with Crippen molar-refractivity contribution < 1.29 is 19.1 Å². The van der Waals surface area contributed by atoms with Gasteiger partial charge in [0.2, 0.25) is 0 Å². The van der Waals surface area contributed by atoms with Crippen LogP contribution in [-0.4, -0.2) is 24.8 Å². The van der Waals surface area contributed by atoms with Crippen LogP contribution in [0.25, 0.3) is 0 Å². The summed E-state index contributed by atoms with van der Waals surface area (Å²) in [5.41, 5.74) is -0.859. The molecular weight excluding hydrogens is 308 g/mol. The monoisotopic (exact) mass is 324 g/mol. The van der Waals surface area contributed by atoms with Gasteiger partial charge in [-0.1, -0.05) is 11.6 Å². The van der Waals surface area contributed by atoms with E-state index in [0.29, 0.717) is 22.2 Å². The lowest BCUT2D eigenvalue weighted by atomic mass is 10.0. The number of anilines is 1. The molecule has 1 aromatic heterocycles. The fraction of sp³-hybridized carbons (Fsp3) is 0.267. The molecule has 0 radical (unpaired) electrons. The van der Waals surface area contributed by atoms with E-state index in [4.69, 9.17) is 20.8 Å². The number of benzene rings is 1. The van der Waals surface area contributed by atoms with Gasteiger partial charge >= 0.3 is 6.03 Å². The molecular formula is C15H17ClN2O4. The largest absolute Gasteiger partial charge is 0.497 e. The van der Waals surface area contributed by atoms with E-state index in [2.05, 4.69) is 10.6 Å². The Hall–Kier alpha value is -2.18. The number of ether oxygens (including phenoxy) is 1. The fourth-order valence-electron chi connectivity index (χ4n) is 1.82. The van der Waals surface area contributed by atoms with Gasteiger partial charge in [0.1, 0.15) is 17.1 Å². The van der Waals surface area contributed by atoms with Crippen molar-refractivity contribution in [3.63, 3.8) is 0 Å². The number of furan rings is 1. The second-order valence-electron chi connectivity index (χ2n) is 4.90. The number of aliphatic hydroxyl groups is 1. The Morgan fingerprint density at radius 2 is 2.23 bits per heavy atom. The molecule has 2 rings (SSSR count). The van der Waals surface area contributed by atoms with Gasteiger partial charge in [0.05, 0.1) is 30.6 Å². The van der Waals surface area contributed by atoms with Crippen molar-refractivity contribution in [3.8, 4) is 5.75 Å². The predicted molar refractivity (Wildman–Crippen MR) is 83.3 cm³/mol. The highest BCUT2D eigenvalue weighted by Crippen LogP contribution is 2.26. The average molecular weight is 325 g/mol. The molecule has 6 nitrogen and oxygen atoms in total. The lowest BCUT2D eigenvalue weighted by molar-refractivity contribution is 0.0372. The van der Waals surface area contributed by atoms with Crippen molar-refractivity contribution in [1.82, 2.24) is 5.32 Å². The molecule has 2 aromatic rings. The standard InChI is InChI=1S/C15H17ClN2O4/c1-15(20,13-4-3-7-22-13)9-17-14(19)18-12-6-5-10(21-2)8-11(12)16/h3-8,20H,9H2,1-2H3,(H2,17,18,19). The van der Waals surface area contributed by atoms with Crippen LogP contribution in [0.4, 0.5) is 10.5 Å². The predicted octanol–water partition coefficient (Wildman–Crippen LogP) is 2.97. The van der Waals surface area contributed by atoms with E-state index in [1.807, 2.05) is 0 Å². The first-order valence-electron chi connectivity index (χ1n) is 6.57. The van der Waals surface area contributed by atoms with Crippen molar-refractivity contribution >= 4 is 23.3 Å². The number of rotatable bonds is 5. The van der Waals surface area contributed by atoms with Crippen molar-refractivity contribution in [1.29, 1.82) is 0 Å². The Kier molecular flexibility index (Phi) is 4.95. The summed E-state index contributed by atoms with van der Waals surface area (Å²) in [7, 11) is 1.53. The zero-order chi connectivity index (χ0) is 16.2. The molecule has 0 aliphatic rings. The van der Waals surface area contributed by atoms with Crippen LogP contribution < -0.4 is 15.4 Å². The highest BCUT2D eigenvalue weighted by Gasteiger charge is 2.26. The molecule has 1 atom stereocenters. The number of urea groups is 1. The Morgan fingerprint density at radius 3 is 2.82 bits per heavy atom. The van der Waals surface area contributed by atoms with Crippen LogP contribution >= 0.6 is 11.6 Å². The van der Waals surface area contributed by atoms with Gasteiger partial charge < -0.3 is 24.9 Å². The second-order valence-corrected chi connectivity index (χ2v) is 5.31.